The maximum Gasteiger partial charge on any atom is 0.275 e. The molecule has 1 saturated heterocycles. The molecular formula is C19H27ClN6OS+2. The molecule has 1 aromatic heterocycles. The number of aromatic nitrogens is 3. The van der Waals surface area contributed by atoms with Crippen molar-refractivity contribution in [3.63, 3.8) is 0 Å². The van der Waals surface area contributed by atoms with Crippen molar-refractivity contribution in [1.82, 2.24) is 19.7 Å². The largest absolute Gasteiger partial charge is 0.348 e. The minimum Gasteiger partial charge on any atom is -0.348 e. The van der Waals surface area contributed by atoms with E-state index in [2.05, 4.69) is 5.32 Å². The first-order chi connectivity index (χ1) is 13.5. The fourth-order valence-electron chi connectivity index (χ4n) is 3.71. The summed E-state index contributed by atoms with van der Waals surface area (Å²) in [6, 6.07) is 8.14. The minimum absolute atomic E-state index is 0.192. The lowest BCUT2D eigenvalue weighted by molar-refractivity contribution is -1.02. The van der Waals surface area contributed by atoms with Gasteiger partial charge < -0.3 is 19.7 Å². The Kier molecular flexibility index (Phi) is 5.82. The van der Waals surface area contributed by atoms with Crippen LogP contribution < -0.4 is 15.1 Å². The second-order valence-electron chi connectivity index (χ2n) is 7.82. The van der Waals surface area contributed by atoms with E-state index in [1.54, 1.807) is 0 Å². The summed E-state index contributed by atoms with van der Waals surface area (Å²) in [5.74, 6) is 0.980. The number of quaternary nitrogens is 2. The number of carbonyl (C=O) groups is 1. The standard InChI is InChI=1S/C19H25ClN6OS/c1-23-18(15-4-2-3-5-16(15)20)22-26(19(23)28)13-25-10-8-24(9-11-25)12-17(27)21-14-6-7-14/h2-5,14H,6-13H2,1H3,(H,21,27)/p+2. The van der Waals surface area contributed by atoms with Gasteiger partial charge in [-0.15, -0.1) is 5.10 Å². The molecule has 1 saturated carbocycles. The van der Waals surface area contributed by atoms with E-state index < -0.39 is 0 Å². The van der Waals surface area contributed by atoms with Crippen molar-refractivity contribution in [3.8, 4) is 11.4 Å². The highest BCUT2D eigenvalue weighted by Crippen LogP contribution is 2.25. The van der Waals surface area contributed by atoms with Crippen LogP contribution in [0, 0.1) is 4.77 Å². The molecule has 0 atom stereocenters. The maximum atomic E-state index is 12.0. The van der Waals surface area contributed by atoms with Gasteiger partial charge in [0.1, 0.15) is 26.2 Å². The lowest BCUT2D eigenvalue weighted by atomic mass is 10.2. The van der Waals surface area contributed by atoms with Gasteiger partial charge in [0.15, 0.2) is 19.0 Å². The number of halogens is 1. The van der Waals surface area contributed by atoms with E-state index in [4.69, 9.17) is 28.9 Å². The van der Waals surface area contributed by atoms with Gasteiger partial charge in [0.25, 0.3) is 5.91 Å². The van der Waals surface area contributed by atoms with Crippen LogP contribution in [0.3, 0.4) is 0 Å². The fourth-order valence-corrected chi connectivity index (χ4v) is 4.12. The molecular weight excluding hydrogens is 396 g/mol. The molecule has 2 aliphatic rings. The van der Waals surface area contributed by atoms with E-state index in [0.29, 0.717) is 22.4 Å². The van der Waals surface area contributed by atoms with Crippen LogP contribution in [0.15, 0.2) is 24.3 Å². The molecule has 2 heterocycles. The Labute approximate surface area is 174 Å². The zero-order valence-corrected chi connectivity index (χ0v) is 17.7. The van der Waals surface area contributed by atoms with Gasteiger partial charge in [0, 0.05) is 18.7 Å². The monoisotopic (exact) mass is 422 g/mol. The van der Waals surface area contributed by atoms with Gasteiger partial charge >= 0.3 is 0 Å². The average molecular weight is 423 g/mol. The molecule has 2 fully saturated rings. The van der Waals surface area contributed by atoms with Crippen LogP contribution in [0.4, 0.5) is 0 Å². The van der Waals surface area contributed by atoms with E-state index >= 15 is 0 Å². The molecule has 0 bridgehead atoms. The Morgan fingerprint density at radius 3 is 2.61 bits per heavy atom. The number of hydrogen-bond donors (Lipinski definition) is 3. The van der Waals surface area contributed by atoms with Gasteiger partial charge in [-0.05, 0) is 37.2 Å². The van der Waals surface area contributed by atoms with Crippen LogP contribution in [-0.2, 0) is 18.5 Å². The lowest BCUT2D eigenvalue weighted by Gasteiger charge is -2.29. The summed E-state index contributed by atoms with van der Waals surface area (Å²) in [4.78, 5) is 14.8. The summed E-state index contributed by atoms with van der Waals surface area (Å²) in [5.41, 5.74) is 0.891. The second kappa shape index (κ2) is 8.32. The zero-order chi connectivity index (χ0) is 19.7. The molecule has 1 aromatic carbocycles. The summed E-state index contributed by atoms with van der Waals surface area (Å²) in [6.07, 6.45) is 2.28. The summed E-state index contributed by atoms with van der Waals surface area (Å²) in [6.45, 7) is 5.32. The highest BCUT2D eigenvalue weighted by molar-refractivity contribution is 7.71. The second-order valence-corrected chi connectivity index (χ2v) is 8.59. The van der Waals surface area contributed by atoms with E-state index in [1.165, 1.54) is 9.80 Å². The Bertz CT molecular complexity index is 913. The molecule has 1 aliphatic carbocycles. The Morgan fingerprint density at radius 1 is 1.25 bits per heavy atom. The van der Waals surface area contributed by atoms with E-state index in [1.807, 2.05) is 40.6 Å². The van der Waals surface area contributed by atoms with Gasteiger partial charge in [-0.1, -0.05) is 23.7 Å². The number of amides is 1. The third-order valence-corrected chi connectivity index (χ3v) is 6.36. The normalized spacial score (nSPS) is 22.2. The van der Waals surface area contributed by atoms with Crippen LogP contribution in [-0.4, -0.2) is 59.0 Å². The van der Waals surface area contributed by atoms with Crippen LogP contribution in [0.25, 0.3) is 11.4 Å². The summed E-state index contributed by atoms with van der Waals surface area (Å²) in [7, 11) is 1.93. The van der Waals surface area contributed by atoms with Crippen molar-refractivity contribution in [2.75, 3.05) is 32.7 Å². The fraction of sp³-hybridized carbons (Fsp3) is 0.526. The van der Waals surface area contributed by atoms with Gasteiger partial charge in [-0.25, -0.2) is 0 Å². The van der Waals surface area contributed by atoms with E-state index in [-0.39, 0.29) is 5.91 Å². The molecule has 3 N–H and O–H groups in total. The van der Waals surface area contributed by atoms with Crippen LogP contribution in [0.5, 0.6) is 0 Å². The molecule has 0 unspecified atom stereocenters. The molecule has 7 nitrogen and oxygen atoms in total. The predicted octanol–water partition coefficient (Wildman–Crippen LogP) is -0.709. The van der Waals surface area contributed by atoms with Crippen molar-refractivity contribution in [1.29, 1.82) is 0 Å². The van der Waals surface area contributed by atoms with Gasteiger partial charge in [-0.2, -0.15) is 4.68 Å². The predicted molar refractivity (Wildman–Crippen MR) is 110 cm³/mol. The van der Waals surface area contributed by atoms with Crippen molar-refractivity contribution in [2.24, 2.45) is 7.05 Å². The number of nitrogens with one attached hydrogen (secondary N) is 3. The van der Waals surface area contributed by atoms with E-state index in [9.17, 15) is 4.79 Å². The summed E-state index contributed by atoms with van der Waals surface area (Å²) >= 11 is 11.9. The van der Waals surface area contributed by atoms with Gasteiger partial charge in [0.05, 0.1) is 5.02 Å². The average Bonchev–Trinajstić information content (AvgIpc) is 3.45. The zero-order valence-electron chi connectivity index (χ0n) is 16.1. The van der Waals surface area contributed by atoms with Crippen LogP contribution in [0.2, 0.25) is 5.02 Å². The molecule has 150 valence electrons. The first kappa shape index (κ1) is 19.6. The molecule has 1 aliphatic heterocycles. The van der Waals surface area contributed by atoms with Crippen molar-refractivity contribution in [3.05, 3.63) is 34.1 Å². The highest BCUT2D eigenvalue weighted by atomic mass is 35.5. The smallest absolute Gasteiger partial charge is 0.275 e. The van der Waals surface area contributed by atoms with Crippen molar-refractivity contribution < 1.29 is 14.6 Å². The molecule has 4 rings (SSSR count). The first-order valence-corrected chi connectivity index (χ1v) is 10.6. The van der Waals surface area contributed by atoms with Crippen LogP contribution in [0.1, 0.15) is 12.8 Å². The topological polar surface area (TPSA) is 60.7 Å². The third-order valence-electron chi connectivity index (χ3n) is 5.55. The summed E-state index contributed by atoms with van der Waals surface area (Å²) < 4.78 is 4.51. The third kappa shape index (κ3) is 4.46. The molecule has 0 spiro atoms. The molecule has 0 radical (unpaired) electrons. The summed E-state index contributed by atoms with van der Waals surface area (Å²) in [5, 5.41) is 8.49. The SMILES string of the molecule is Cn1c(-c2ccccc2Cl)nn(C[NH+]2CC[NH+](CC(=O)NC3CC3)CC2)c1=S. The number of hydrogen-bond acceptors (Lipinski definition) is 3. The van der Waals surface area contributed by atoms with Crippen molar-refractivity contribution in [2.45, 2.75) is 25.6 Å². The minimum atomic E-state index is 0.192. The quantitative estimate of drug-likeness (QED) is 0.539. The number of piperazine rings is 1. The van der Waals surface area contributed by atoms with E-state index in [0.717, 1.165) is 57.1 Å². The van der Waals surface area contributed by atoms with Gasteiger partial charge in [0.2, 0.25) is 4.77 Å². The lowest BCUT2D eigenvalue weighted by Crippen LogP contribution is -3.28. The molecule has 2 aromatic rings. The number of nitrogens with zero attached hydrogens (tertiary/aromatic N) is 3. The van der Waals surface area contributed by atoms with Gasteiger partial charge in [-0.3, -0.25) is 4.79 Å². The number of benzene rings is 1. The van der Waals surface area contributed by atoms with Crippen LogP contribution >= 0.6 is 23.8 Å². The maximum absolute atomic E-state index is 12.0. The first-order valence-electron chi connectivity index (χ1n) is 9.86. The Balaban J connectivity index is 1.36. The molecule has 9 heteroatoms. The molecule has 1 amide bonds. The molecule has 28 heavy (non-hydrogen) atoms. The Morgan fingerprint density at radius 2 is 1.93 bits per heavy atom. The number of carbonyl (C=O) groups excluding carboxylic acids is 1. The Hall–Kier alpha value is -1.74. The number of rotatable bonds is 6. The van der Waals surface area contributed by atoms with Crippen molar-refractivity contribution >= 4 is 29.7 Å². The highest BCUT2D eigenvalue weighted by Gasteiger charge is 2.28.